The van der Waals surface area contributed by atoms with Gasteiger partial charge in [0.2, 0.25) is 0 Å². The van der Waals surface area contributed by atoms with Crippen molar-refractivity contribution in [2.24, 2.45) is 0 Å². The third-order valence-corrected chi connectivity index (χ3v) is 5.68. The number of ether oxygens (including phenoxy) is 1. The lowest BCUT2D eigenvalue weighted by Crippen LogP contribution is -2.45. The molecule has 4 heteroatoms. The molecule has 0 radical (unpaired) electrons. The minimum atomic E-state index is -0.449. The van der Waals surface area contributed by atoms with Crippen LogP contribution in [0.1, 0.15) is 75.2 Å². The van der Waals surface area contributed by atoms with Crippen LogP contribution >= 0.6 is 0 Å². The second-order valence-electron chi connectivity index (χ2n) is 7.42. The Morgan fingerprint density at radius 3 is 2.04 bits per heavy atom. The van der Waals surface area contributed by atoms with Crippen molar-refractivity contribution in [3.05, 3.63) is 28.8 Å². The largest absolute Gasteiger partial charge is 0.496 e. The van der Waals surface area contributed by atoms with Crippen molar-refractivity contribution in [1.82, 2.24) is 10.2 Å². The highest BCUT2D eigenvalue weighted by Gasteiger charge is 2.22. The molecule has 1 aromatic carbocycles. The fraction of sp³-hybridized carbons (Fsp3) is 0.714. The van der Waals surface area contributed by atoms with E-state index in [0.717, 1.165) is 50.3 Å². The first-order valence-corrected chi connectivity index (χ1v) is 9.84. The Hall–Kier alpha value is -1.10. The Morgan fingerprint density at radius 2 is 1.60 bits per heavy atom. The van der Waals surface area contributed by atoms with Crippen molar-refractivity contribution < 1.29 is 9.84 Å². The molecule has 0 spiro atoms. The smallest absolute Gasteiger partial charge is 0.125 e. The predicted molar refractivity (Wildman–Crippen MR) is 105 cm³/mol. The standard InChI is InChI=1S/C21H36N2O2/c1-6-15(3)18-12-17(13-19(16(4)7-2)21(18)25-5)20(24)14-23-10-8-22-9-11-23/h12-13,15-16,20,22,24H,6-11,14H2,1-5H3. The third-order valence-electron chi connectivity index (χ3n) is 5.68. The SMILES string of the molecule is CCC(C)c1cc(C(O)CN2CCNCC2)cc(C(C)CC)c1OC. The average Bonchev–Trinajstić information content (AvgIpc) is 2.66. The first-order valence-electron chi connectivity index (χ1n) is 9.84. The van der Waals surface area contributed by atoms with Gasteiger partial charge in [-0.15, -0.1) is 0 Å². The van der Waals surface area contributed by atoms with Crippen LogP contribution in [0, 0.1) is 0 Å². The molecule has 1 aliphatic heterocycles. The molecular weight excluding hydrogens is 312 g/mol. The van der Waals surface area contributed by atoms with Crippen molar-refractivity contribution in [1.29, 1.82) is 0 Å². The van der Waals surface area contributed by atoms with E-state index in [1.165, 1.54) is 11.1 Å². The summed E-state index contributed by atoms with van der Waals surface area (Å²) < 4.78 is 5.81. The van der Waals surface area contributed by atoms with Crippen molar-refractivity contribution in [2.75, 3.05) is 39.8 Å². The molecule has 3 atom stereocenters. The summed E-state index contributed by atoms with van der Waals surface area (Å²) in [5, 5.41) is 14.3. The monoisotopic (exact) mass is 348 g/mol. The third kappa shape index (κ3) is 4.96. The zero-order valence-electron chi connectivity index (χ0n) is 16.6. The molecule has 0 aliphatic carbocycles. The van der Waals surface area contributed by atoms with Crippen LogP contribution in [-0.4, -0.2) is 49.8 Å². The highest BCUT2D eigenvalue weighted by atomic mass is 16.5. The van der Waals surface area contributed by atoms with Gasteiger partial charge >= 0.3 is 0 Å². The van der Waals surface area contributed by atoms with Crippen LogP contribution in [0.4, 0.5) is 0 Å². The molecule has 1 fully saturated rings. The van der Waals surface area contributed by atoms with E-state index in [4.69, 9.17) is 4.74 Å². The lowest BCUT2D eigenvalue weighted by atomic mass is 9.87. The number of aliphatic hydroxyl groups is 1. The number of β-amino-alcohol motifs (C(OH)–C–C–N with tert-alkyl or cyclic N) is 1. The van der Waals surface area contributed by atoms with E-state index in [1.54, 1.807) is 7.11 Å². The van der Waals surface area contributed by atoms with E-state index >= 15 is 0 Å². The first kappa shape index (κ1) is 20.2. The summed E-state index contributed by atoms with van der Waals surface area (Å²) in [5.41, 5.74) is 3.50. The number of aliphatic hydroxyl groups excluding tert-OH is 1. The molecular formula is C21H36N2O2. The minimum Gasteiger partial charge on any atom is -0.496 e. The van der Waals surface area contributed by atoms with E-state index < -0.39 is 6.10 Å². The van der Waals surface area contributed by atoms with Crippen molar-refractivity contribution in [3.8, 4) is 5.75 Å². The van der Waals surface area contributed by atoms with Crippen molar-refractivity contribution >= 4 is 0 Å². The lowest BCUT2D eigenvalue weighted by molar-refractivity contribution is 0.105. The van der Waals surface area contributed by atoms with Crippen molar-refractivity contribution in [3.63, 3.8) is 0 Å². The predicted octanol–water partition coefficient (Wildman–Crippen LogP) is 3.66. The van der Waals surface area contributed by atoms with Gasteiger partial charge in [0.05, 0.1) is 13.2 Å². The minimum absolute atomic E-state index is 0.420. The van der Waals surface area contributed by atoms with Gasteiger partial charge in [0, 0.05) is 32.7 Å². The molecule has 2 N–H and O–H groups in total. The zero-order valence-corrected chi connectivity index (χ0v) is 16.6. The van der Waals surface area contributed by atoms with Gasteiger partial charge in [-0.1, -0.05) is 27.7 Å². The Labute approximate surface area is 153 Å². The highest BCUT2D eigenvalue weighted by Crippen LogP contribution is 2.39. The maximum Gasteiger partial charge on any atom is 0.125 e. The van der Waals surface area contributed by atoms with Gasteiger partial charge in [0.15, 0.2) is 0 Å². The van der Waals surface area contributed by atoms with E-state index in [-0.39, 0.29) is 0 Å². The van der Waals surface area contributed by atoms with Crippen LogP contribution in [0.3, 0.4) is 0 Å². The summed E-state index contributed by atoms with van der Waals surface area (Å²) in [7, 11) is 1.77. The van der Waals surface area contributed by atoms with E-state index in [0.29, 0.717) is 18.4 Å². The average molecular weight is 349 g/mol. The van der Waals surface area contributed by atoms with Crippen LogP contribution in [0.15, 0.2) is 12.1 Å². The molecule has 1 saturated heterocycles. The Bertz CT molecular complexity index is 510. The summed E-state index contributed by atoms with van der Waals surface area (Å²) in [5.74, 6) is 1.86. The number of rotatable bonds is 8. The number of benzene rings is 1. The van der Waals surface area contributed by atoms with Crippen LogP contribution < -0.4 is 10.1 Å². The van der Waals surface area contributed by atoms with Crippen LogP contribution in [-0.2, 0) is 0 Å². The van der Waals surface area contributed by atoms with Crippen molar-refractivity contribution in [2.45, 2.75) is 58.5 Å². The van der Waals surface area contributed by atoms with Gasteiger partial charge in [-0.2, -0.15) is 0 Å². The molecule has 1 aromatic rings. The molecule has 3 unspecified atom stereocenters. The first-order chi connectivity index (χ1) is 12.0. The Balaban J connectivity index is 2.35. The summed E-state index contributed by atoms with van der Waals surface area (Å²) in [6.45, 7) is 13.6. The van der Waals surface area contributed by atoms with Gasteiger partial charge in [-0.25, -0.2) is 0 Å². The number of piperazine rings is 1. The van der Waals surface area contributed by atoms with Gasteiger partial charge in [0.1, 0.15) is 5.75 Å². The maximum atomic E-state index is 10.9. The summed E-state index contributed by atoms with van der Waals surface area (Å²) in [6, 6.07) is 4.34. The Morgan fingerprint density at radius 1 is 1.08 bits per heavy atom. The zero-order chi connectivity index (χ0) is 18.4. The molecule has 2 rings (SSSR count). The summed E-state index contributed by atoms with van der Waals surface area (Å²) in [6.07, 6.45) is 1.68. The Kier molecular flexibility index (Phi) is 7.73. The molecule has 142 valence electrons. The number of hydrogen-bond acceptors (Lipinski definition) is 4. The quantitative estimate of drug-likeness (QED) is 0.752. The molecule has 25 heavy (non-hydrogen) atoms. The number of nitrogens with one attached hydrogen (secondary N) is 1. The molecule has 4 nitrogen and oxygen atoms in total. The molecule has 0 aromatic heterocycles. The van der Waals surface area contributed by atoms with Gasteiger partial charge in [0.25, 0.3) is 0 Å². The van der Waals surface area contributed by atoms with Crippen LogP contribution in [0.2, 0.25) is 0 Å². The normalized spacial score (nSPS) is 19.4. The van der Waals surface area contributed by atoms with Gasteiger partial charge in [-0.3, -0.25) is 4.90 Å². The second-order valence-corrected chi connectivity index (χ2v) is 7.42. The topological polar surface area (TPSA) is 44.7 Å². The highest BCUT2D eigenvalue weighted by molar-refractivity contribution is 5.48. The van der Waals surface area contributed by atoms with Crippen LogP contribution in [0.25, 0.3) is 0 Å². The number of methoxy groups -OCH3 is 1. The second kappa shape index (κ2) is 9.56. The fourth-order valence-corrected chi connectivity index (χ4v) is 3.54. The van der Waals surface area contributed by atoms with Gasteiger partial charge < -0.3 is 15.2 Å². The van der Waals surface area contributed by atoms with Crippen LogP contribution in [0.5, 0.6) is 5.75 Å². The number of nitrogens with zero attached hydrogens (tertiary/aromatic N) is 1. The van der Waals surface area contributed by atoms with E-state index in [2.05, 4.69) is 50.0 Å². The molecule has 1 heterocycles. The lowest BCUT2D eigenvalue weighted by Gasteiger charge is -2.30. The fourth-order valence-electron chi connectivity index (χ4n) is 3.54. The van der Waals surface area contributed by atoms with E-state index in [1.807, 2.05) is 0 Å². The summed E-state index contributed by atoms with van der Waals surface area (Å²) in [4.78, 5) is 2.34. The molecule has 0 amide bonds. The number of hydrogen-bond donors (Lipinski definition) is 2. The summed E-state index contributed by atoms with van der Waals surface area (Å²) >= 11 is 0. The maximum absolute atomic E-state index is 10.9. The molecule has 0 saturated carbocycles. The van der Waals surface area contributed by atoms with E-state index in [9.17, 15) is 5.11 Å². The molecule has 1 aliphatic rings. The molecule has 0 bridgehead atoms. The van der Waals surface area contributed by atoms with Gasteiger partial charge in [-0.05, 0) is 53.5 Å².